The zero-order valence-electron chi connectivity index (χ0n) is 11.8. The fourth-order valence-electron chi connectivity index (χ4n) is 2.37. The van der Waals surface area contributed by atoms with Gasteiger partial charge in [-0.1, -0.05) is 41.1 Å². The quantitative estimate of drug-likeness (QED) is 0.834. The third-order valence-corrected chi connectivity index (χ3v) is 5.73. The first-order valence-electron chi connectivity index (χ1n) is 6.91. The Morgan fingerprint density at radius 2 is 1.90 bits per heavy atom. The highest BCUT2D eigenvalue weighted by atomic mass is 79.9. The highest BCUT2D eigenvalue weighted by Gasteiger charge is 2.27. The van der Waals surface area contributed by atoms with Crippen LogP contribution in [0.3, 0.4) is 0 Å². The zero-order valence-corrected chi connectivity index (χ0v) is 14.2. The molecule has 1 N–H and O–H groups in total. The van der Waals surface area contributed by atoms with Crippen LogP contribution < -0.4 is 4.72 Å². The molecule has 6 heteroatoms. The summed E-state index contributed by atoms with van der Waals surface area (Å²) in [5.74, 6) is 0.608. The molecule has 0 bridgehead atoms. The largest absolute Gasteiger partial charge is 0.301 e. The molecule has 20 heavy (non-hydrogen) atoms. The van der Waals surface area contributed by atoms with Crippen molar-refractivity contribution in [2.45, 2.75) is 31.5 Å². The lowest BCUT2D eigenvalue weighted by Gasteiger charge is -2.30. The molecule has 1 aromatic rings. The van der Waals surface area contributed by atoms with Gasteiger partial charge in [0, 0.05) is 17.9 Å². The summed E-state index contributed by atoms with van der Waals surface area (Å²) in [6.45, 7) is 5.35. The summed E-state index contributed by atoms with van der Waals surface area (Å²) < 4.78 is 29.1. The Kier molecular flexibility index (Phi) is 5.09. The van der Waals surface area contributed by atoms with Crippen LogP contribution in [-0.2, 0) is 10.2 Å². The maximum atomic E-state index is 12.4. The van der Waals surface area contributed by atoms with Gasteiger partial charge in [-0.3, -0.25) is 4.72 Å². The van der Waals surface area contributed by atoms with Crippen molar-refractivity contribution in [2.24, 2.45) is 5.92 Å². The van der Waals surface area contributed by atoms with Crippen LogP contribution in [0.1, 0.15) is 37.1 Å². The molecule has 2 rings (SSSR count). The summed E-state index contributed by atoms with van der Waals surface area (Å²) in [6, 6.07) is 7.48. The fourth-order valence-corrected chi connectivity index (χ4v) is 4.05. The van der Waals surface area contributed by atoms with Gasteiger partial charge in [0.2, 0.25) is 0 Å². The number of nitrogens with one attached hydrogen (secondary N) is 1. The SMILES string of the molecule is CC1CCN(S(=O)(=O)Nc2ccccc2C(C)Br)CC1. The summed E-state index contributed by atoms with van der Waals surface area (Å²) >= 11 is 3.50. The Morgan fingerprint density at radius 1 is 1.30 bits per heavy atom. The van der Waals surface area contributed by atoms with E-state index in [1.807, 2.05) is 25.1 Å². The van der Waals surface area contributed by atoms with Gasteiger partial charge in [0.1, 0.15) is 0 Å². The van der Waals surface area contributed by atoms with Crippen LogP contribution in [0.5, 0.6) is 0 Å². The molecule has 1 aliphatic heterocycles. The zero-order chi connectivity index (χ0) is 14.8. The summed E-state index contributed by atoms with van der Waals surface area (Å²) in [4.78, 5) is 0.0998. The number of alkyl halides is 1. The van der Waals surface area contributed by atoms with Gasteiger partial charge in [0.15, 0.2) is 0 Å². The standard InChI is InChI=1S/C14H21BrN2O2S/c1-11-7-9-17(10-8-11)20(18,19)16-14-6-4-3-5-13(14)12(2)15/h3-6,11-12,16H,7-10H2,1-2H3. The smallest absolute Gasteiger partial charge is 0.271 e. The van der Waals surface area contributed by atoms with Crippen LogP contribution in [0, 0.1) is 5.92 Å². The number of benzene rings is 1. The molecule has 1 saturated heterocycles. The van der Waals surface area contributed by atoms with Gasteiger partial charge in [-0.05, 0) is 37.3 Å². The highest BCUT2D eigenvalue weighted by molar-refractivity contribution is 9.09. The third-order valence-electron chi connectivity index (χ3n) is 3.71. The number of hydrogen-bond donors (Lipinski definition) is 1. The molecule has 0 amide bonds. The molecular weight excluding hydrogens is 340 g/mol. The Hall–Kier alpha value is -0.590. The van der Waals surface area contributed by atoms with E-state index >= 15 is 0 Å². The molecule has 1 unspecified atom stereocenters. The van der Waals surface area contributed by atoms with E-state index in [9.17, 15) is 8.42 Å². The van der Waals surface area contributed by atoms with Crippen molar-refractivity contribution in [1.82, 2.24) is 4.31 Å². The molecule has 1 aromatic carbocycles. The van der Waals surface area contributed by atoms with Crippen LogP contribution in [0.2, 0.25) is 0 Å². The summed E-state index contributed by atoms with van der Waals surface area (Å²) in [6.07, 6.45) is 1.86. The summed E-state index contributed by atoms with van der Waals surface area (Å²) in [5.41, 5.74) is 1.59. The average Bonchev–Trinajstić information content (AvgIpc) is 2.39. The van der Waals surface area contributed by atoms with E-state index in [-0.39, 0.29) is 4.83 Å². The maximum absolute atomic E-state index is 12.4. The number of anilines is 1. The lowest BCUT2D eigenvalue weighted by molar-refractivity contribution is 0.289. The molecule has 0 saturated carbocycles. The molecule has 0 aliphatic carbocycles. The molecule has 1 heterocycles. The first kappa shape index (κ1) is 15.8. The third kappa shape index (κ3) is 3.74. The molecule has 0 radical (unpaired) electrons. The Balaban J connectivity index is 2.16. The van der Waals surface area contributed by atoms with Crippen LogP contribution in [0.25, 0.3) is 0 Å². The average molecular weight is 361 g/mol. The van der Waals surface area contributed by atoms with Gasteiger partial charge in [-0.2, -0.15) is 12.7 Å². The monoisotopic (exact) mass is 360 g/mol. The van der Waals surface area contributed by atoms with E-state index in [2.05, 4.69) is 27.6 Å². The summed E-state index contributed by atoms with van der Waals surface area (Å²) in [5, 5.41) is 0. The second-order valence-corrected chi connectivity index (χ2v) is 8.44. The number of halogens is 1. The van der Waals surface area contributed by atoms with E-state index in [1.165, 1.54) is 0 Å². The molecule has 112 valence electrons. The maximum Gasteiger partial charge on any atom is 0.301 e. The number of para-hydroxylation sites is 1. The van der Waals surface area contributed by atoms with Crippen molar-refractivity contribution in [1.29, 1.82) is 0 Å². The topological polar surface area (TPSA) is 49.4 Å². The van der Waals surface area contributed by atoms with Gasteiger partial charge in [-0.15, -0.1) is 0 Å². The van der Waals surface area contributed by atoms with E-state index in [4.69, 9.17) is 0 Å². The van der Waals surface area contributed by atoms with Crippen LogP contribution in [0.15, 0.2) is 24.3 Å². The van der Waals surface area contributed by atoms with E-state index in [0.717, 1.165) is 18.4 Å². The van der Waals surface area contributed by atoms with Gasteiger partial charge in [0.05, 0.1) is 5.69 Å². The van der Waals surface area contributed by atoms with Gasteiger partial charge >= 0.3 is 10.2 Å². The normalized spacial score (nSPS) is 19.8. The molecule has 4 nitrogen and oxygen atoms in total. The first-order chi connectivity index (χ1) is 9.40. The number of nitrogens with zero attached hydrogens (tertiary/aromatic N) is 1. The molecule has 1 aliphatic rings. The van der Waals surface area contributed by atoms with Crippen LogP contribution in [-0.4, -0.2) is 25.8 Å². The van der Waals surface area contributed by atoms with Crippen molar-refractivity contribution in [3.63, 3.8) is 0 Å². The van der Waals surface area contributed by atoms with Crippen LogP contribution >= 0.6 is 15.9 Å². The minimum atomic E-state index is -3.45. The van der Waals surface area contributed by atoms with Crippen molar-refractivity contribution in [3.05, 3.63) is 29.8 Å². The lowest BCUT2D eigenvalue weighted by Crippen LogP contribution is -2.41. The van der Waals surface area contributed by atoms with E-state index < -0.39 is 10.2 Å². The lowest BCUT2D eigenvalue weighted by atomic mass is 10.0. The van der Waals surface area contributed by atoms with Crippen molar-refractivity contribution >= 4 is 31.8 Å². The molecule has 1 fully saturated rings. The molecule has 1 atom stereocenters. The number of piperidine rings is 1. The van der Waals surface area contributed by atoms with E-state index in [1.54, 1.807) is 10.4 Å². The van der Waals surface area contributed by atoms with Gasteiger partial charge in [0.25, 0.3) is 0 Å². The summed E-state index contributed by atoms with van der Waals surface area (Å²) in [7, 11) is -3.45. The second kappa shape index (κ2) is 6.45. The van der Waals surface area contributed by atoms with E-state index in [0.29, 0.717) is 24.7 Å². The predicted molar refractivity (Wildman–Crippen MR) is 86.3 cm³/mol. The fraction of sp³-hybridized carbons (Fsp3) is 0.571. The van der Waals surface area contributed by atoms with Gasteiger partial charge < -0.3 is 0 Å². The Morgan fingerprint density at radius 3 is 2.50 bits per heavy atom. The molecule has 0 aromatic heterocycles. The number of rotatable bonds is 4. The highest BCUT2D eigenvalue weighted by Crippen LogP contribution is 2.30. The molecule has 0 spiro atoms. The minimum absolute atomic E-state index is 0.0998. The second-order valence-electron chi connectivity index (χ2n) is 5.39. The van der Waals surface area contributed by atoms with Crippen molar-refractivity contribution in [3.8, 4) is 0 Å². The number of hydrogen-bond acceptors (Lipinski definition) is 2. The van der Waals surface area contributed by atoms with Gasteiger partial charge in [-0.25, -0.2) is 0 Å². The van der Waals surface area contributed by atoms with Crippen molar-refractivity contribution < 1.29 is 8.42 Å². The minimum Gasteiger partial charge on any atom is -0.271 e. The van der Waals surface area contributed by atoms with Crippen molar-refractivity contribution in [2.75, 3.05) is 17.8 Å². The first-order valence-corrected chi connectivity index (χ1v) is 9.26. The Labute approximate surface area is 129 Å². The Bertz CT molecular complexity index is 552. The van der Waals surface area contributed by atoms with Crippen LogP contribution in [0.4, 0.5) is 5.69 Å². The predicted octanol–water partition coefficient (Wildman–Crippen LogP) is 3.53. The molecular formula is C14H21BrN2O2S.